The zero-order valence-corrected chi connectivity index (χ0v) is 11.3. The third-order valence-electron chi connectivity index (χ3n) is 3.11. The van der Waals surface area contributed by atoms with Gasteiger partial charge in [-0.3, -0.25) is 0 Å². The van der Waals surface area contributed by atoms with E-state index >= 15 is 0 Å². The van der Waals surface area contributed by atoms with Gasteiger partial charge in [0.15, 0.2) is 5.82 Å². The second-order valence-corrected chi connectivity index (χ2v) is 4.59. The second kappa shape index (κ2) is 5.80. The molecule has 0 fully saturated rings. The van der Waals surface area contributed by atoms with Crippen molar-refractivity contribution in [3.63, 3.8) is 0 Å². The molecular formula is C15H14FN5. The number of nitrogens with two attached hydrogens (primary N) is 1. The maximum absolute atomic E-state index is 14.1. The fourth-order valence-corrected chi connectivity index (χ4v) is 2.05. The maximum Gasteiger partial charge on any atom is 0.205 e. The van der Waals surface area contributed by atoms with Gasteiger partial charge in [0, 0.05) is 5.56 Å². The molecule has 0 saturated heterocycles. The Bertz CT molecular complexity index is 739. The molecule has 5 nitrogen and oxygen atoms in total. The summed E-state index contributed by atoms with van der Waals surface area (Å²) in [6.07, 6.45) is 0.636. The molecule has 0 saturated carbocycles. The molecule has 2 N–H and O–H groups in total. The Morgan fingerprint density at radius 1 is 1.10 bits per heavy atom. The standard InChI is InChI=1S/C15H14FN5/c16-13-10-11(8-9-17)6-7-14(13)21-19-15(18-20-21)12-4-2-1-3-5-12/h1-7,10H,8-9,17H2. The zero-order chi connectivity index (χ0) is 14.7. The smallest absolute Gasteiger partial charge is 0.205 e. The van der Waals surface area contributed by atoms with Gasteiger partial charge in [0.1, 0.15) is 5.69 Å². The minimum absolute atomic E-state index is 0.269. The molecule has 3 aromatic rings. The average molecular weight is 283 g/mol. The predicted molar refractivity (Wildman–Crippen MR) is 77.3 cm³/mol. The van der Waals surface area contributed by atoms with Crippen LogP contribution in [0.15, 0.2) is 48.5 Å². The highest BCUT2D eigenvalue weighted by molar-refractivity contribution is 5.53. The van der Waals surface area contributed by atoms with Crippen molar-refractivity contribution in [2.75, 3.05) is 6.54 Å². The van der Waals surface area contributed by atoms with Crippen LogP contribution in [0.2, 0.25) is 0 Å². The van der Waals surface area contributed by atoms with Crippen LogP contribution in [0, 0.1) is 5.82 Å². The van der Waals surface area contributed by atoms with Gasteiger partial charge in [0.05, 0.1) is 0 Å². The van der Waals surface area contributed by atoms with Crippen molar-refractivity contribution in [3.05, 3.63) is 59.9 Å². The number of tetrazole rings is 1. The van der Waals surface area contributed by atoms with Gasteiger partial charge in [0.2, 0.25) is 5.82 Å². The molecule has 3 rings (SSSR count). The third-order valence-corrected chi connectivity index (χ3v) is 3.11. The van der Waals surface area contributed by atoms with Crippen LogP contribution in [0.25, 0.3) is 17.1 Å². The molecule has 0 amide bonds. The molecule has 0 bridgehead atoms. The minimum atomic E-state index is -0.391. The van der Waals surface area contributed by atoms with Crippen molar-refractivity contribution in [2.24, 2.45) is 5.73 Å². The summed E-state index contributed by atoms with van der Waals surface area (Å²) in [5.41, 5.74) is 7.42. The molecule has 0 radical (unpaired) electrons. The van der Waals surface area contributed by atoms with E-state index in [9.17, 15) is 4.39 Å². The lowest BCUT2D eigenvalue weighted by Gasteiger charge is -2.03. The highest BCUT2D eigenvalue weighted by Crippen LogP contribution is 2.17. The summed E-state index contributed by atoms with van der Waals surface area (Å²) in [5, 5.41) is 12.1. The number of hydrogen-bond donors (Lipinski definition) is 1. The van der Waals surface area contributed by atoms with Crippen LogP contribution in [-0.2, 0) is 6.42 Å². The fourth-order valence-electron chi connectivity index (χ4n) is 2.05. The molecule has 1 heterocycles. The number of nitrogens with zero attached hydrogens (tertiary/aromatic N) is 4. The molecule has 0 unspecified atom stereocenters. The van der Waals surface area contributed by atoms with E-state index in [4.69, 9.17) is 5.73 Å². The average Bonchev–Trinajstić information content (AvgIpc) is 2.98. The Balaban J connectivity index is 1.93. The number of rotatable bonds is 4. The molecule has 2 aromatic carbocycles. The van der Waals surface area contributed by atoms with Gasteiger partial charge in [-0.2, -0.15) is 0 Å². The van der Waals surface area contributed by atoms with E-state index in [2.05, 4.69) is 15.4 Å². The molecule has 0 aliphatic rings. The molecular weight excluding hydrogens is 269 g/mol. The Morgan fingerprint density at radius 3 is 2.62 bits per heavy atom. The Morgan fingerprint density at radius 2 is 1.90 bits per heavy atom. The normalized spacial score (nSPS) is 10.8. The highest BCUT2D eigenvalue weighted by Gasteiger charge is 2.11. The predicted octanol–water partition coefficient (Wildman–Crippen LogP) is 1.97. The van der Waals surface area contributed by atoms with Crippen LogP contribution in [0.3, 0.4) is 0 Å². The molecule has 21 heavy (non-hydrogen) atoms. The van der Waals surface area contributed by atoms with E-state index in [1.807, 2.05) is 36.4 Å². The van der Waals surface area contributed by atoms with Crippen LogP contribution in [0.5, 0.6) is 0 Å². The summed E-state index contributed by atoms with van der Waals surface area (Å²) >= 11 is 0. The summed E-state index contributed by atoms with van der Waals surface area (Å²) in [6, 6.07) is 14.3. The Labute approximate surface area is 121 Å². The summed E-state index contributed by atoms with van der Waals surface area (Å²) in [7, 11) is 0. The molecule has 106 valence electrons. The van der Waals surface area contributed by atoms with Crippen LogP contribution in [-0.4, -0.2) is 26.8 Å². The summed E-state index contributed by atoms with van der Waals surface area (Å²) < 4.78 is 14.1. The molecule has 1 aromatic heterocycles. The van der Waals surface area contributed by atoms with E-state index < -0.39 is 5.82 Å². The van der Waals surface area contributed by atoms with Crippen LogP contribution in [0.4, 0.5) is 4.39 Å². The van der Waals surface area contributed by atoms with Gasteiger partial charge in [-0.1, -0.05) is 36.4 Å². The van der Waals surface area contributed by atoms with Gasteiger partial charge in [-0.15, -0.1) is 15.0 Å². The first-order valence-electron chi connectivity index (χ1n) is 6.62. The lowest BCUT2D eigenvalue weighted by Crippen LogP contribution is -2.06. The third kappa shape index (κ3) is 2.80. The van der Waals surface area contributed by atoms with Gasteiger partial charge < -0.3 is 5.73 Å². The topological polar surface area (TPSA) is 69.6 Å². The van der Waals surface area contributed by atoms with Gasteiger partial charge in [-0.25, -0.2) is 4.39 Å². The minimum Gasteiger partial charge on any atom is -0.330 e. The number of aromatic nitrogens is 4. The first-order valence-corrected chi connectivity index (χ1v) is 6.62. The van der Waals surface area contributed by atoms with Crippen molar-refractivity contribution in [1.29, 1.82) is 0 Å². The van der Waals surface area contributed by atoms with Crippen molar-refractivity contribution in [1.82, 2.24) is 20.2 Å². The largest absolute Gasteiger partial charge is 0.330 e. The van der Waals surface area contributed by atoms with E-state index in [0.29, 0.717) is 18.8 Å². The zero-order valence-electron chi connectivity index (χ0n) is 11.3. The van der Waals surface area contributed by atoms with Gasteiger partial charge >= 0.3 is 0 Å². The SMILES string of the molecule is NCCc1ccc(-n2nnc(-c3ccccc3)n2)c(F)c1. The molecule has 0 aliphatic carbocycles. The Hall–Kier alpha value is -2.60. The summed E-state index contributed by atoms with van der Waals surface area (Å²) in [5.74, 6) is 0.0685. The first-order chi connectivity index (χ1) is 10.3. The van der Waals surface area contributed by atoms with Gasteiger partial charge in [-0.05, 0) is 35.9 Å². The van der Waals surface area contributed by atoms with E-state index in [0.717, 1.165) is 11.1 Å². The van der Waals surface area contributed by atoms with E-state index in [-0.39, 0.29) is 5.69 Å². The van der Waals surface area contributed by atoms with Gasteiger partial charge in [0.25, 0.3) is 0 Å². The van der Waals surface area contributed by atoms with Crippen molar-refractivity contribution >= 4 is 0 Å². The Kier molecular flexibility index (Phi) is 3.70. The molecule has 0 atom stereocenters. The molecule has 0 aliphatic heterocycles. The van der Waals surface area contributed by atoms with Crippen LogP contribution in [0.1, 0.15) is 5.56 Å². The second-order valence-electron chi connectivity index (χ2n) is 4.59. The lowest BCUT2D eigenvalue weighted by molar-refractivity contribution is 0.589. The van der Waals surface area contributed by atoms with Crippen molar-refractivity contribution < 1.29 is 4.39 Å². The van der Waals surface area contributed by atoms with E-state index in [1.165, 1.54) is 10.9 Å². The maximum atomic E-state index is 14.1. The highest BCUT2D eigenvalue weighted by atomic mass is 19.1. The number of hydrogen-bond acceptors (Lipinski definition) is 4. The van der Waals surface area contributed by atoms with Crippen LogP contribution >= 0.6 is 0 Å². The monoisotopic (exact) mass is 283 g/mol. The van der Waals surface area contributed by atoms with E-state index in [1.54, 1.807) is 6.07 Å². The number of benzene rings is 2. The van der Waals surface area contributed by atoms with Crippen molar-refractivity contribution in [2.45, 2.75) is 6.42 Å². The van der Waals surface area contributed by atoms with Crippen LogP contribution < -0.4 is 5.73 Å². The number of halogens is 1. The molecule has 0 spiro atoms. The lowest BCUT2D eigenvalue weighted by atomic mass is 10.1. The first kappa shape index (κ1) is 13.4. The quantitative estimate of drug-likeness (QED) is 0.794. The fraction of sp³-hybridized carbons (Fsp3) is 0.133. The molecule has 6 heteroatoms. The summed E-state index contributed by atoms with van der Waals surface area (Å²) in [6.45, 7) is 0.485. The summed E-state index contributed by atoms with van der Waals surface area (Å²) in [4.78, 5) is 1.20. The van der Waals surface area contributed by atoms with Crippen molar-refractivity contribution in [3.8, 4) is 17.1 Å².